The van der Waals surface area contributed by atoms with Crippen molar-refractivity contribution < 1.29 is 17.9 Å². The van der Waals surface area contributed by atoms with Crippen molar-refractivity contribution in [1.29, 1.82) is 0 Å². The van der Waals surface area contributed by atoms with Crippen LogP contribution in [0.1, 0.15) is 28.3 Å². The van der Waals surface area contributed by atoms with E-state index in [1.165, 1.54) is 30.6 Å². The first-order valence-electron chi connectivity index (χ1n) is 8.77. The van der Waals surface area contributed by atoms with Crippen LogP contribution in [-0.4, -0.2) is 21.4 Å². The van der Waals surface area contributed by atoms with E-state index in [4.69, 9.17) is 4.74 Å². The van der Waals surface area contributed by atoms with Gasteiger partial charge in [-0.15, -0.1) is 11.3 Å². The Morgan fingerprint density at radius 2 is 1.82 bits per heavy atom. The number of sulfone groups is 1. The Hall–Kier alpha value is -2.64. The number of methoxy groups -OCH3 is 1. The zero-order valence-electron chi connectivity index (χ0n) is 15.4. The van der Waals surface area contributed by atoms with Crippen LogP contribution < -0.4 is 10.1 Å². The first kappa shape index (κ1) is 18.7. The van der Waals surface area contributed by atoms with E-state index in [1.54, 1.807) is 17.5 Å². The Morgan fingerprint density at radius 3 is 2.50 bits per heavy atom. The van der Waals surface area contributed by atoms with E-state index >= 15 is 0 Å². The predicted octanol–water partition coefficient (Wildman–Crippen LogP) is 4.37. The summed E-state index contributed by atoms with van der Waals surface area (Å²) in [5.41, 5.74) is 2.54. The van der Waals surface area contributed by atoms with Crippen LogP contribution in [0.15, 0.2) is 63.7 Å². The molecule has 7 heteroatoms. The van der Waals surface area contributed by atoms with Crippen LogP contribution in [0.3, 0.4) is 0 Å². The molecule has 1 aliphatic heterocycles. The Morgan fingerprint density at radius 1 is 1.11 bits per heavy atom. The SMILES string of the molecule is COc1ccc(S(=O)(=O)c2csc3c2NC(=O)C[C@@H]3c2ccccc2C)cc1. The Bertz CT molecular complexity index is 1150. The summed E-state index contributed by atoms with van der Waals surface area (Å²) in [6.45, 7) is 2.00. The summed E-state index contributed by atoms with van der Waals surface area (Å²) < 4.78 is 31.5. The molecule has 0 saturated heterocycles. The number of nitrogens with one attached hydrogen (secondary N) is 1. The molecule has 28 heavy (non-hydrogen) atoms. The summed E-state index contributed by atoms with van der Waals surface area (Å²) >= 11 is 1.38. The number of rotatable bonds is 4. The zero-order chi connectivity index (χ0) is 19.9. The molecule has 0 spiro atoms. The van der Waals surface area contributed by atoms with Gasteiger partial charge in [-0.25, -0.2) is 8.42 Å². The summed E-state index contributed by atoms with van der Waals surface area (Å²) in [5, 5.41) is 4.42. The number of aryl methyl sites for hydroxylation is 1. The molecule has 0 fully saturated rings. The van der Waals surface area contributed by atoms with Gasteiger partial charge in [0.25, 0.3) is 0 Å². The summed E-state index contributed by atoms with van der Waals surface area (Å²) in [6.07, 6.45) is 0.306. The lowest BCUT2D eigenvalue weighted by Gasteiger charge is -2.25. The van der Waals surface area contributed by atoms with E-state index in [0.717, 1.165) is 16.0 Å². The molecule has 0 saturated carbocycles. The third-order valence-corrected chi connectivity index (χ3v) is 8.02. The van der Waals surface area contributed by atoms with Gasteiger partial charge >= 0.3 is 0 Å². The second-order valence-electron chi connectivity index (χ2n) is 6.68. The minimum atomic E-state index is -3.76. The molecule has 5 nitrogen and oxygen atoms in total. The van der Waals surface area contributed by atoms with Crippen LogP contribution in [0.4, 0.5) is 5.69 Å². The topological polar surface area (TPSA) is 72.5 Å². The van der Waals surface area contributed by atoms with Gasteiger partial charge in [0.1, 0.15) is 10.6 Å². The monoisotopic (exact) mass is 413 g/mol. The fourth-order valence-electron chi connectivity index (χ4n) is 3.51. The third kappa shape index (κ3) is 3.10. The molecule has 4 rings (SSSR count). The maximum atomic E-state index is 13.2. The van der Waals surface area contributed by atoms with Crippen LogP contribution in [0.2, 0.25) is 0 Å². The number of hydrogen-bond acceptors (Lipinski definition) is 5. The smallest absolute Gasteiger partial charge is 0.225 e. The van der Waals surface area contributed by atoms with Gasteiger partial charge in [0.2, 0.25) is 15.7 Å². The van der Waals surface area contributed by atoms with Gasteiger partial charge in [0.05, 0.1) is 17.7 Å². The zero-order valence-corrected chi connectivity index (χ0v) is 17.1. The molecular formula is C21H19NO4S2. The van der Waals surface area contributed by atoms with E-state index < -0.39 is 9.84 Å². The number of benzene rings is 2. The van der Waals surface area contributed by atoms with Crippen LogP contribution in [0, 0.1) is 6.92 Å². The van der Waals surface area contributed by atoms with Crippen molar-refractivity contribution >= 4 is 32.8 Å². The standard InChI is InChI=1S/C21H19NO4S2/c1-13-5-3-4-6-16(13)17-11-19(23)22-20-18(12-27-21(17)20)28(24,25)15-9-7-14(26-2)8-10-15/h3-10,12,17H,11H2,1-2H3,(H,22,23)/t17-/m1/s1. The second-order valence-corrected chi connectivity index (χ2v) is 9.51. The molecule has 0 unspecified atom stereocenters. The molecule has 1 aromatic heterocycles. The van der Waals surface area contributed by atoms with Crippen molar-refractivity contribution in [3.05, 3.63) is 69.9 Å². The molecule has 2 heterocycles. The van der Waals surface area contributed by atoms with Crippen molar-refractivity contribution in [3.8, 4) is 5.75 Å². The Labute approximate surface area is 167 Å². The molecule has 1 aliphatic rings. The average molecular weight is 414 g/mol. The molecule has 2 aromatic carbocycles. The number of ether oxygens (including phenoxy) is 1. The fourth-order valence-corrected chi connectivity index (χ4v) is 6.41. The Kier molecular flexibility index (Phi) is 4.72. The van der Waals surface area contributed by atoms with Gasteiger partial charge in [-0.2, -0.15) is 0 Å². The summed E-state index contributed by atoms with van der Waals surface area (Å²) in [7, 11) is -2.23. The van der Waals surface area contributed by atoms with Gasteiger partial charge in [-0.3, -0.25) is 4.79 Å². The summed E-state index contributed by atoms with van der Waals surface area (Å²) in [6, 6.07) is 14.2. The highest BCUT2D eigenvalue weighted by Crippen LogP contribution is 2.46. The predicted molar refractivity (Wildman–Crippen MR) is 109 cm³/mol. The molecule has 0 radical (unpaired) electrons. The molecule has 144 valence electrons. The first-order chi connectivity index (χ1) is 13.4. The normalized spacial score (nSPS) is 16.4. The molecule has 1 N–H and O–H groups in total. The Balaban J connectivity index is 1.82. The maximum absolute atomic E-state index is 13.2. The molecule has 0 bridgehead atoms. The molecule has 0 aliphatic carbocycles. The number of anilines is 1. The lowest BCUT2D eigenvalue weighted by Crippen LogP contribution is -2.23. The minimum absolute atomic E-state index is 0.143. The number of fused-ring (bicyclic) bond motifs is 1. The summed E-state index contributed by atoms with van der Waals surface area (Å²) in [4.78, 5) is 13.6. The first-order valence-corrected chi connectivity index (χ1v) is 11.1. The summed E-state index contributed by atoms with van der Waals surface area (Å²) in [5.74, 6) is 0.263. The fraction of sp³-hybridized carbons (Fsp3) is 0.190. The van der Waals surface area contributed by atoms with Crippen LogP contribution in [0.5, 0.6) is 5.75 Å². The van der Waals surface area contributed by atoms with Crippen LogP contribution in [0.25, 0.3) is 0 Å². The molecule has 1 amide bonds. The van der Waals surface area contributed by atoms with E-state index in [9.17, 15) is 13.2 Å². The van der Waals surface area contributed by atoms with Crippen molar-refractivity contribution in [2.24, 2.45) is 0 Å². The largest absolute Gasteiger partial charge is 0.497 e. The average Bonchev–Trinajstić information content (AvgIpc) is 3.12. The molecular weight excluding hydrogens is 394 g/mol. The quantitative estimate of drug-likeness (QED) is 0.689. The van der Waals surface area contributed by atoms with Crippen molar-refractivity contribution in [2.45, 2.75) is 29.1 Å². The minimum Gasteiger partial charge on any atom is -0.497 e. The number of thiophene rings is 1. The van der Waals surface area contributed by atoms with Gasteiger partial charge in [0.15, 0.2) is 0 Å². The van der Waals surface area contributed by atoms with E-state index in [0.29, 0.717) is 17.9 Å². The number of carbonyl (C=O) groups is 1. The lowest BCUT2D eigenvalue weighted by atomic mass is 9.88. The van der Waals surface area contributed by atoms with Crippen molar-refractivity contribution in [1.82, 2.24) is 0 Å². The van der Waals surface area contributed by atoms with Crippen LogP contribution in [-0.2, 0) is 14.6 Å². The number of carbonyl (C=O) groups excluding carboxylic acids is 1. The highest BCUT2D eigenvalue weighted by Gasteiger charge is 2.34. The van der Waals surface area contributed by atoms with Gasteiger partial charge < -0.3 is 10.1 Å². The molecule has 1 atom stereocenters. The maximum Gasteiger partial charge on any atom is 0.225 e. The van der Waals surface area contributed by atoms with Crippen molar-refractivity contribution in [3.63, 3.8) is 0 Å². The third-order valence-electron chi connectivity index (χ3n) is 4.98. The number of hydrogen-bond donors (Lipinski definition) is 1. The lowest BCUT2D eigenvalue weighted by molar-refractivity contribution is -0.116. The molecule has 3 aromatic rings. The van der Waals surface area contributed by atoms with Gasteiger partial charge in [-0.05, 0) is 42.3 Å². The van der Waals surface area contributed by atoms with Crippen molar-refractivity contribution in [2.75, 3.05) is 12.4 Å². The highest BCUT2D eigenvalue weighted by atomic mass is 32.2. The van der Waals surface area contributed by atoms with E-state index in [2.05, 4.69) is 5.32 Å². The van der Waals surface area contributed by atoms with E-state index in [1.807, 2.05) is 31.2 Å². The van der Waals surface area contributed by atoms with Gasteiger partial charge in [0, 0.05) is 22.6 Å². The van der Waals surface area contributed by atoms with E-state index in [-0.39, 0.29) is 21.6 Å². The van der Waals surface area contributed by atoms with Gasteiger partial charge in [-0.1, -0.05) is 24.3 Å². The number of amides is 1. The van der Waals surface area contributed by atoms with Crippen LogP contribution >= 0.6 is 11.3 Å². The second kappa shape index (κ2) is 7.07. The highest BCUT2D eigenvalue weighted by molar-refractivity contribution is 7.91.